The number of nitrogens with zero attached hydrogens (tertiary/aromatic N) is 2. The fourth-order valence-electron chi connectivity index (χ4n) is 3.02. The molecule has 0 aliphatic carbocycles. The second-order valence-corrected chi connectivity index (χ2v) is 7.19. The fourth-order valence-corrected chi connectivity index (χ4v) is 3.02. The molecule has 3 rings (SSSR count). The second-order valence-electron chi connectivity index (χ2n) is 7.19. The van der Waals surface area contributed by atoms with Crippen LogP contribution in [0, 0.1) is 6.92 Å². The van der Waals surface area contributed by atoms with Gasteiger partial charge in [0.1, 0.15) is 0 Å². The van der Waals surface area contributed by atoms with Gasteiger partial charge in [-0.3, -0.25) is 10.3 Å². The molecule has 2 heterocycles. The Morgan fingerprint density at radius 3 is 2.39 bits per heavy atom. The highest BCUT2D eigenvalue weighted by Crippen LogP contribution is 2.31. The highest BCUT2D eigenvalue weighted by atomic mass is 16.5. The summed E-state index contributed by atoms with van der Waals surface area (Å²) in [6, 6.07) is 11.2. The Balaban J connectivity index is 1.68. The van der Waals surface area contributed by atoms with Crippen molar-refractivity contribution in [3.63, 3.8) is 0 Å². The van der Waals surface area contributed by atoms with E-state index in [1.54, 1.807) is 18.5 Å². The molecule has 0 bridgehead atoms. The van der Waals surface area contributed by atoms with Crippen molar-refractivity contribution in [3.05, 3.63) is 60.0 Å². The quantitative estimate of drug-likeness (QED) is 0.571. The Hall–Kier alpha value is -3.15. The first kappa shape index (κ1) is 19.6. The summed E-state index contributed by atoms with van der Waals surface area (Å²) in [5, 5.41) is 9.71. The summed E-state index contributed by atoms with van der Waals surface area (Å²) >= 11 is 0. The number of benzene rings is 1. The van der Waals surface area contributed by atoms with E-state index in [9.17, 15) is 4.79 Å². The number of pyridine rings is 1. The molecule has 0 atom stereocenters. The number of aromatic nitrogens is 2. The predicted octanol–water partition coefficient (Wildman–Crippen LogP) is 5.77. The minimum atomic E-state index is -0.364. The molecule has 1 aromatic carbocycles. The summed E-state index contributed by atoms with van der Waals surface area (Å²) < 4.78 is 5.30. The van der Waals surface area contributed by atoms with E-state index in [4.69, 9.17) is 4.52 Å². The average Bonchev–Trinajstić information content (AvgIpc) is 3.18. The standard InChI is InChI=1S/C22H26N4O2/c1-5-22(4,6-2)19-14-20(28-26-19)25-21(27)24-18-8-7-17(13-15(18)3)16-9-11-23-12-10-16/h7-14H,5-6H2,1-4H3,(H2,24,25,27). The lowest BCUT2D eigenvalue weighted by molar-refractivity contribution is 0.261. The van der Waals surface area contributed by atoms with E-state index >= 15 is 0 Å². The molecule has 0 unspecified atom stereocenters. The van der Waals surface area contributed by atoms with Crippen LogP contribution in [0.4, 0.5) is 16.4 Å². The van der Waals surface area contributed by atoms with Gasteiger partial charge in [-0.1, -0.05) is 32.0 Å². The van der Waals surface area contributed by atoms with Crippen LogP contribution in [0.15, 0.2) is 53.3 Å². The number of carbonyl (C=O) groups is 1. The first-order valence-corrected chi connectivity index (χ1v) is 9.51. The van der Waals surface area contributed by atoms with E-state index in [0.29, 0.717) is 5.88 Å². The van der Waals surface area contributed by atoms with E-state index in [1.807, 2.05) is 37.3 Å². The van der Waals surface area contributed by atoms with Crippen LogP contribution in [-0.2, 0) is 5.41 Å². The van der Waals surface area contributed by atoms with Gasteiger partial charge in [0.2, 0.25) is 5.88 Å². The zero-order valence-corrected chi connectivity index (χ0v) is 16.7. The summed E-state index contributed by atoms with van der Waals surface area (Å²) in [5.41, 5.74) is 4.65. The van der Waals surface area contributed by atoms with Gasteiger partial charge in [-0.05, 0) is 60.7 Å². The van der Waals surface area contributed by atoms with Gasteiger partial charge in [0.05, 0.1) is 5.69 Å². The van der Waals surface area contributed by atoms with Crippen molar-refractivity contribution in [2.75, 3.05) is 10.6 Å². The van der Waals surface area contributed by atoms with E-state index in [0.717, 1.165) is 40.9 Å². The van der Waals surface area contributed by atoms with Crippen LogP contribution < -0.4 is 10.6 Å². The number of carbonyl (C=O) groups excluding carboxylic acids is 1. The zero-order valence-electron chi connectivity index (χ0n) is 16.7. The number of nitrogens with one attached hydrogen (secondary N) is 2. The monoisotopic (exact) mass is 378 g/mol. The molecule has 6 nitrogen and oxygen atoms in total. The van der Waals surface area contributed by atoms with Gasteiger partial charge in [-0.15, -0.1) is 0 Å². The number of hydrogen-bond donors (Lipinski definition) is 2. The molecule has 6 heteroatoms. The average molecular weight is 378 g/mol. The largest absolute Gasteiger partial charge is 0.338 e. The van der Waals surface area contributed by atoms with Crippen molar-refractivity contribution >= 4 is 17.6 Å². The van der Waals surface area contributed by atoms with Gasteiger partial charge in [-0.25, -0.2) is 4.79 Å². The summed E-state index contributed by atoms with van der Waals surface area (Å²) in [7, 11) is 0. The van der Waals surface area contributed by atoms with E-state index in [2.05, 4.69) is 41.5 Å². The summed E-state index contributed by atoms with van der Waals surface area (Å²) in [6.07, 6.45) is 5.42. The molecule has 0 aliphatic rings. The zero-order chi connectivity index (χ0) is 20.1. The summed E-state index contributed by atoms with van der Waals surface area (Å²) in [5.74, 6) is 0.340. The maximum absolute atomic E-state index is 12.4. The van der Waals surface area contributed by atoms with Gasteiger partial charge >= 0.3 is 6.03 Å². The third kappa shape index (κ3) is 4.22. The molecule has 2 amide bonds. The molecule has 0 radical (unpaired) electrons. The molecule has 2 aromatic heterocycles. The summed E-state index contributed by atoms with van der Waals surface area (Å²) in [6.45, 7) is 8.34. The van der Waals surface area contributed by atoms with Crippen LogP contribution in [0.3, 0.4) is 0 Å². The van der Waals surface area contributed by atoms with Crippen molar-refractivity contribution in [1.29, 1.82) is 0 Å². The van der Waals surface area contributed by atoms with Crippen LogP contribution in [0.1, 0.15) is 44.9 Å². The fraction of sp³-hybridized carbons (Fsp3) is 0.318. The third-order valence-electron chi connectivity index (χ3n) is 5.41. The maximum Gasteiger partial charge on any atom is 0.326 e. The number of aryl methyl sites for hydroxylation is 1. The van der Waals surface area contributed by atoms with Crippen LogP contribution in [0.25, 0.3) is 11.1 Å². The topological polar surface area (TPSA) is 80.0 Å². The van der Waals surface area contributed by atoms with Crippen molar-refractivity contribution in [2.24, 2.45) is 0 Å². The first-order chi connectivity index (χ1) is 13.4. The normalized spacial score (nSPS) is 11.3. The molecule has 0 fully saturated rings. The van der Waals surface area contributed by atoms with E-state index < -0.39 is 0 Å². The van der Waals surface area contributed by atoms with E-state index in [-0.39, 0.29) is 11.4 Å². The number of anilines is 2. The smallest absolute Gasteiger partial charge is 0.326 e. The Kier molecular flexibility index (Phi) is 5.78. The van der Waals surface area contributed by atoms with Crippen LogP contribution in [-0.4, -0.2) is 16.2 Å². The van der Waals surface area contributed by atoms with Crippen LogP contribution in [0.2, 0.25) is 0 Å². The van der Waals surface area contributed by atoms with Crippen molar-refractivity contribution in [2.45, 2.75) is 46.0 Å². The molecule has 0 saturated carbocycles. The Bertz CT molecular complexity index is 946. The van der Waals surface area contributed by atoms with Crippen molar-refractivity contribution in [3.8, 4) is 11.1 Å². The number of urea groups is 1. The first-order valence-electron chi connectivity index (χ1n) is 9.51. The Morgan fingerprint density at radius 1 is 1.04 bits per heavy atom. The number of hydrogen-bond acceptors (Lipinski definition) is 4. The summed E-state index contributed by atoms with van der Waals surface area (Å²) in [4.78, 5) is 16.4. The molecule has 0 spiro atoms. The third-order valence-corrected chi connectivity index (χ3v) is 5.41. The lowest BCUT2D eigenvalue weighted by Crippen LogP contribution is -2.20. The predicted molar refractivity (Wildman–Crippen MR) is 111 cm³/mol. The second kappa shape index (κ2) is 8.25. The van der Waals surface area contributed by atoms with Gasteiger partial charge in [-0.2, -0.15) is 0 Å². The molecule has 2 N–H and O–H groups in total. The molecular formula is C22H26N4O2. The lowest BCUT2D eigenvalue weighted by atomic mass is 9.81. The van der Waals surface area contributed by atoms with Crippen molar-refractivity contribution in [1.82, 2.24) is 10.1 Å². The van der Waals surface area contributed by atoms with E-state index in [1.165, 1.54) is 0 Å². The Labute approximate surface area is 165 Å². The highest BCUT2D eigenvalue weighted by Gasteiger charge is 2.26. The molecule has 0 saturated heterocycles. The number of amides is 2. The Morgan fingerprint density at radius 2 is 1.75 bits per heavy atom. The maximum atomic E-state index is 12.4. The lowest BCUT2D eigenvalue weighted by Gasteiger charge is -2.22. The minimum absolute atomic E-state index is 0.0563. The van der Waals surface area contributed by atoms with Crippen LogP contribution >= 0.6 is 0 Å². The van der Waals surface area contributed by atoms with Gasteiger partial charge in [0.15, 0.2) is 0 Å². The van der Waals surface area contributed by atoms with Gasteiger partial charge in [0.25, 0.3) is 0 Å². The molecule has 3 aromatic rings. The van der Waals surface area contributed by atoms with Gasteiger partial charge in [0, 0.05) is 29.6 Å². The molecular weight excluding hydrogens is 352 g/mol. The van der Waals surface area contributed by atoms with Crippen molar-refractivity contribution < 1.29 is 9.32 Å². The SMILES string of the molecule is CCC(C)(CC)c1cc(NC(=O)Nc2ccc(-c3ccncc3)cc2C)on1. The number of rotatable bonds is 6. The molecule has 146 valence electrons. The molecule has 0 aliphatic heterocycles. The van der Waals surface area contributed by atoms with Crippen LogP contribution in [0.5, 0.6) is 0 Å². The minimum Gasteiger partial charge on any atom is -0.338 e. The van der Waals surface area contributed by atoms with Gasteiger partial charge < -0.3 is 9.84 Å². The highest BCUT2D eigenvalue weighted by molar-refractivity contribution is 5.99. The molecule has 28 heavy (non-hydrogen) atoms.